The van der Waals surface area contributed by atoms with Crippen LogP contribution in [0, 0.1) is 5.92 Å². The molecule has 18 heavy (non-hydrogen) atoms. The molecule has 3 nitrogen and oxygen atoms in total. The zero-order chi connectivity index (χ0) is 12.1. The largest absolute Gasteiger partial charge is 0.352 e. The molecule has 1 amide bonds. The Balaban J connectivity index is 0.00000162. The van der Waals surface area contributed by atoms with Crippen LogP contribution in [0.3, 0.4) is 0 Å². The van der Waals surface area contributed by atoms with Crippen molar-refractivity contribution in [1.82, 2.24) is 10.6 Å². The van der Waals surface area contributed by atoms with E-state index in [9.17, 15) is 4.79 Å². The van der Waals surface area contributed by atoms with Gasteiger partial charge < -0.3 is 10.6 Å². The van der Waals surface area contributed by atoms with E-state index in [0.717, 1.165) is 18.9 Å². The molecular weight excluding hydrogens is 248 g/mol. The van der Waals surface area contributed by atoms with Crippen LogP contribution in [0.1, 0.15) is 58.3 Å². The van der Waals surface area contributed by atoms with Gasteiger partial charge in [-0.15, -0.1) is 12.4 Å². The fourth-order valence-corrected chi connectivity index (χ4v) is 3.17. The Hall–Kier alpha value is -0.280. The number of carbonyl (C=O) groups is 1. The third kappa shape index (κ3) is 4.43. The second-order valence-corrected chi connectivity index (χ2v) is 5.65. The van der Waals surface area contributed by atoms with Crippen molar-refractivity contribution in [3.63, 3.8) is 0 Å². The molecule has 4 heteroatoms. The highest BCUT2D eigenvalue weighted by Gasteiger charge is 2.26. The topological polar surface area (TPSA) is 41.1 Å². The number of piperidine rings is 1. The van der Waals surface area contributed by atoms with Gasteiger partial charge >= 0.3 is 0 Å². The minimum Gasteiger partial charge on any atom is -0.352 e. The molecule has 0 spiro atoms. The van der Waals surface area contributed by atoms with Gasteiger partial charge in [-0.05, 0) is 38.1 Å². The summed E-state index contributed by atoms with van der Waals surface area (Å²) in [4.78, 5) is 12.1. The lowest BCUT2D eigenvalue weighted by atomic mass is 9.84. The van der Waals surface area contributed by atoms with Crippen LogP contribution in [0.25, 0.3) is 0 Å². The van der Waals surface area contributed by atoms with Crippen molar-refractivity contribution < 1.29 is 4.79 Å². The van der Waals surface area contributed by atoms with Crippen LogP contribution in [-0.2, 0) is 4.79 Å². The van der Waals surface area contributed by atoms with Gasteiger partial charge in [-0.25, -0.2) is 0 Å². The van der Waals surface area contributed by atoms with E-state index in [0.29, 0.717) is 6.04 Å². The molecule has 1 aliphatic carbocycles. The molecule has 3 atom stereocenters. The average Bonchev–Trinajstić information content (AvgIpc) is 2.40. The highest BCUT2D eigenvalue weighted by Crippen LogP contribution is 2.26. The summed E-state index contributed by atoms with van der Waals surface area (Å²) in [6.45, 7) is 3.26. The van der Waals surface area contributed by atoms with Gasteiger partial charge in [-0.3, -0.25) is 4.79 Å². The van der Waals surface area contributed by atoms with Crippen molar-refractivity contribution in [2.75, 3.05) is 6.54 Å². The summed E-state index contributed by atoms with van der Waals surface area (Å²) in [5, 5.41) is 6.57. The Morgan fingerprint density at radius 3 is 2.72 bits per heavy atom. The fourth-order valence-electron chi connectivity index (χ4n) is 3.17. The first-order valence-corrected chi connectivity index (χ1v) is 7.33. The second kappa shape index (κ2) is 8.00. The van der Waals surface area contributed by atoms with Gasteiger partial charge in [-0.2, -0.15) is 0 Å². The molecule has 0 bridgehead atoms. The monoisotopic (exact) mass is 274 g/mol. The molecular formula is C14H27ClN2O. The smallest absolute Gasteiger partial charge is 0.237 e. The number of nitrogens with one attached hydrogen (secondary N) is 2. The molecule has 2 N–H and O–H groups in total. The number of rotatable bonds is 3. The normalized spacial score (nSPS) is 32.4. The molecule has 1 heterocycles. The van der Waals surface area contributed by atoms with Crippen LogP contribution in [-0.4, -0.2) is 24.5 Å². The van der Waals surface area contributed by atoms with Crippen LogP contribution < -0.4 is 10.6 Å². The molecule has 0 aromatic carbocycles. The number of carbonyl (C=O) groups excluding carboxylic acids is 1. The first-order chi connectivity index (χ1) is 8.29. The van der Waals surface area contributed by atoms with Crippen LogP contribution in [0.2, 0.25) is 0 Å². The van der Waals surface area contributed by atoms with Crippen LogP contribution >= 0.6 is 12.4 Å². The van der Waals surface area contributed by atoms with Crippen LogP contribution in [0.15, 0.2) is 0 Å². The van der Waals surface area contributed by atoms with E-state index in [1.807, 2.05) is 0 Å². The summed E-state index contributed by atoms with van der Waals surface area (Å²) in [5.41, 5.74) is 0. The van der Waals surface area contributed by atoms with E-state index < -0.39 is 0 Å². The highest BCUT2D eigenvalue weighted by molar-refractivity contribution is 5.85. The van der Waals surface area contributed by atoms with E-state index in [4.69, 9.17) is 0 Å². The van der Waals surface area contributed by atoms with E-state index in [2.05, 4.69) is 17.6 Å². The zero-order valence-electron chi connectivity index (χ0n) is 11.4. The highest BCUT2D eigenvalue weighted by atomic mass is 35.5. The predicted octanol–water partition coefficient (Wildman–Crippen LogP) is 2.64. The number of hydrogen-bond acceptors (Lipinski definition) is 2. The molecule has 0 aromatic rings. The summed E-state index contributed by atoms with van der Waals surface area (Å²) >= 11 is 0. The van der Waals surface area contributed by atoms with Gasteiger partial charge in [-0.1, -0.05) is 32.6 Å². The third-order valence-corrected chi connectivity index (χ3v) is 4.33. The molecule has 2 unspecified atom stereocenters. The van der Waals surface area contributed by atoms with Crippen molar-refractivity contribution in [3.8, 4) is 0 Å². The van der Waals surface area contributed by atoms with E-state index in [-0.39, 0.29) is 24.4 Å². The third-order valence-electron chi connectivity index (χ3n) is 4.33. The molecule has 0 radical (unpaired) electrons. The van der Waals surface area contributed by atoms with Crippen molar-refractivity contribution in [2.24, 2.45) is 5.92 Å². The van der Waals surface area contributed by atoms with E-state index in [1.54, 1.807) is 0 Å². The Bertz CT molecular complexity index is 254. The van der Waals surface area contributed by atoms with Gasteiger partial charge in [0.15, 0.2) is 0 Å². The molecule has 1 saturated heterocycles. The summed E-state index contributed by atoms with van der Waals surface area (Å²) < 4.78 is 0. The van der Waals surface area contributed by atoms with Crippen molar-refractivity contribution in [2.45, 2.75) is 70.4 Å². The quantitative estimate of drug-likeness (QED) is 0.831. The predicted molar refractivity (Wildman–Crippen MR) is 77.1 cm³/mol. The molecule has 0 aromatic heterocycles. The Morgan fingerprint density at radius 1 is 1.22 bits per heavy atom. The number of hydrogen-bond donors (Lipinski definition) is 2. The summed E-state index contributed by atoms with van der Waals surface area (Å²) in [5.74, 6) is 1.07. The zero-order valence-corrected chi connectivity index (χ0v) is 12.2. The average molecular weight is 275 g/mol. The maximum atomic E-state index is 12.1. The molecule has 106 valence electrons. The molecule has 2 rings (SSSR count). The van der Waals surface area contributed by atoms with Gasteiger partial charge in [0, 0.05) is 6.04 Å². The van der Waals surface area contributed by atoms with Crippen molar-refractivity contribution in [1.29, 1.82) is 0 Å². The lowest BCUT2D eigenvalue weighted by Gasteiger charge is -2.31. The maximum absolute atomic E-state index is 12.1. The standard InChI is InChI=1S/C14H26N2O.ClH/c1-2-11-6-5-7-12(10-11)16-14(17)13-8-3-4-9-15-13;/h11-13,15H,2-10H2,1H3,(H,16,17);1H/t11?,12?,13-;/m0./s1. The summed E-state index contributed by atoms with van der Waals surface area (Å²) in [6, 6.07) is 0.510. The maximum Gasteiger partial charge on any atom is 0.237 e. The second-order valence-electron chi connectivity index (χ2n) is 5.65. The van der Waals surface area contributed by atoms with Gasteiger partial charge in [0.05, 0.1) is 6.04 Å². The first kappa shape index (κ1) is 15.8. The SMILES string of the molecule is CCC1CCCC(NC(=O)[C@@H]2CCCCN2)C1.Cl. The molecule has 2 fully saturated rings. The van der Waals surface area contributed by atoms with Crippen LogP contribution in [0.4, 0.5) is 0 Å². The van der Waals surface area contributed by atoms with Gasteiger partial charge in [0.2, 0.25) is 5.91 Å². The lowest BCUT2D eigenvalue weighted by molar-refractivity contribution is -0.124. The molecule has 2 aliphatic rings. The minimum absolute atomic E-state index is 0. The van der Waals surface area contributed by atoms with Crippen LogP contribution in [0.5, 0.6) is 0 Å². The minimum atomic E-state index is 0. The Kier molecular flexibility index (Phi) is 7.02. The van der Waals surface area contributed by atoms with Crippen molar-refractivity contribution in [3.05, 3.63) is 0 Å². The summed E-state index contributed by atoms with van der Waals surface area (Å²) in [7, 11) is 0. The molecule has 1 aliphatic heterocycles. The van der Waals surface area contributed by atoms with Gasteiger partial charge in [0.1, 0.15) is 0 Å². The van der Waals surface area contributed by atoms with E-state index in [1.165, 1.54) is 44.9 Å². The van der Waals surface area contributed by atoms with E-state index >= 15 is 0 Å². The van der Waals surface area contributed by atoms with Gasteiger partial charge in [0.25, 0.3) is 0 Å². The fraction of sp³-hybridized carbons (Fsp3) is 0.929. The summed E-state index contributed by atoms with van der Waals surface area (Å²) in [6.07, 6.45) is 9.66. The first-order valence-electron chi connectivity index (χ1n) is 7.33. The molecule has 1 saturated carbocycles. The Labute approximate surface area is 117 Å². The van der Waals surface area contributed by atoms with Crippen molar-refractivity contribution >= 4 is 18.3 Å². The lowest BCUT2D eigenvalue weighted by Crippen LogP contribution is -2.50. The number of halogens is 1. The number of amides is 1. The Morgan fingerprint density at radius 2 is 2.06 bits per heavy atom.